The number of likely N-dealkylation sites (N-methyl/N-ethyl adjacent to an activating group) is 1. The Hall–Kier alpha value is -2.31. The predicted molar refractivity (Wildman–Crippen MR) is 101 cm³/mol. The van der Waals surface area contributed by atoms with Crippen molar-refractivity contribution >= 4 is 22.5 Å². The van der Waals surface area contributed by atoms with Gasteiger partial charge in [0.2, 0.25) is 0 Å². The van der Waals surface area contributed by atoms with E-state index >= 15 is 0 Å². The third kappa shape index (κ3) is 4.34. The van der Waals surface area contributed by atoms with Crippen LogP contribution in [-0.2, 0) is 4.84 Å². The van der Waals surface area contributed by atoms with E-state index in [1.165, 1.54) is 7.11 Å². The van der Waals surface area contributed by atoms with E-state index in [0.717, 1.165) is 26.2 Å². The maximum absolute atomic E-state index is 11.9. The number of rotatable bonds is 6. The van der Waals surface area contributed by atoms with Crippen LogP contribution in [0.2, 0.25) is 5.02 Å². The third-order valence-corrected chi connectivity index (χ3v) is 4.82. The van der Waals surface area contributed by atoms with Crippen molar-refractivity contribution in [1.29, 1.82) is 5.26 Å². The molecule has 1 fully saturated rings. The van der Waals surface area contributed by atoms with Crippen LogP contribution in [0.1, 0.15) is 5.56 Å². The number of nitrogens with one attached hydrogen (secondary N) is 1. The number of hydroxylamine groups is 2. The zero-order valence-corrected chi connectivity index (χ0v) is 16.0. The minimum atomic E-state index is -0.537. The Morgan fingerprint density at radius 2 is 1.96 bits per heavy atom. The molecule has 9 heteroatoms. The van der Waals surface area contributed by atoms with E-state index in [1.54, 1.807) is 12.1 Å². The molecule has 1 aromatic heterocycles. The summed E-state index contributed by atoms with van der Waals surface area (Å²) in [7, 11) is 3.60. The fraction of sp³-hybridized carbons (Fsp3) is 0.444. The molecule has 0 unspecified atom stereocenters. The Bertz CT molecular complexity index is 916. The first-order chi connectivity index (χ1) is 13.0. The monoisotopic (exact) mass is 392 g/mol. The Morgan fingerprint density at radius 3 is 2.63 bits per heavy atom. The molecule has 0 amide bonds. The molecule has 8 nitrogen and oxygen atoms in total. The lowest BCUT2D eigenvalue weighted by Gasteiger charge is -2.31. The molecule has 2 heterocycles. The van der Waals surface area contributed by atoms with Crippen LogP contribution in [0, 0.1) is 11.3 Å². The molecule has 0 aliphatic carbocycles. The SMILES string of the molecule is COc1cc2c(Cl)c(C#N)c(=O)[nH]c2cc1OCCON1CCN(C)CC1. The molecule has 2 aromatic rings. The van der Waals surface area contributed by atoms with Gasteiger partial charge in [-0.1, -0.05) is 11.6 Å². The van der Waals surface area contributed by atoms with Gasteiger partial charge in [-0.25, -0.2) is 0 Å². The van der Waals surface area contributed by atoms with Gasteiger partial charge in [0, 0.05) is 37.6 Å². The Morgan fingerprint density at radius 1 is 1.22 bits per heavy atom. The molecule has 1 aromatic carbocycles. The maximum atomic E-state index is 11.9. The number of ether oxygens (including phenoxy) is 2. The highest BCUT2D eigenvalue weighted by Gasteiger charge is 2.16. The number of H-pyrrole nitrogens is 1. The van der Waals surface area contributed by atoms with Crippen molar-refractivity contribution in [3.63, 3.8) is 0 Å². The van der Waals surface area contributed by atoms with Gasteiger partial charge in [0.15, 0.2) is 11.5 Å². The van der Waals surface area contributed by atoms with E-state index in [9.17, 15) is 4.79 Å². The molecule has 1 N–H and O–H groups in total. The molecule has 1 aliphatic rings. The van der Waals surface area contributed by atoms with Crippen LogP contribution in [0.15, 0.2) is 16.9 Å². The number of nitriles is 1. The van der Waals surface area contributed by atoms with Crippen LogP contribution >= 0.6 is 11.6 Å². The second-order valence-electron chi connectivity index (χ2n) is 6.22. The molecule has 3 rings (SSSR count). The molecular weight excluding hydrogens is 372 g/mol. The highest BCUT2D eigenvalue weighted by molar-refractivity contribution is 6.36. The molecule has 0 bridgehead atoms. The molecule has 1 aliphatic heterocycles. The summed E-state index contributed by atoms with van der Waals surface area (Å²) in [6.45, 7) is 4.38. The van der Waals surface area contributed by atoms with Gasteiger partial charge < -0.3 is 19.4 Å². The molecule has 1 saturated heterocycles. The molecule has 144 valence electrons. The smallest absolute Gasteiger partial charge is 0.267 e. The number of aromatic nitrogens is 1. The normalized spacial score (nSPS) is 15.6. The zero-order valence-electron chi connectivity index (χ0n) is 15.2. The van der Waals surface area contributed by atoms with E-state index in [2.05, 4.69) is 16.9 Å². The largest absolute Gasteiger partial charge is 0.493 e. The quantitative estimate of drug-likeness (QED) is 0.747. The van der Waals surface area contributed by atoms with E-state index in [4.69, 9.17) is 31.2 Å². The van der Waals surface area contributed by atoms with Crippen molar-refractivity contribution in [1.82, 2.24) is 14.9 Å². The summed E-state index contributed by atoms with van der Waals surface area (Å²) in [5, 5.41) is 11.6. The average molecular weight is 393 g/mol. The highest BCUT2D eigenvalue weighted by atomic mass is 35.5. The van der Waals surface area contributed by atoms with E-state index in [1.807, 2.05) is 11.1 Å². The topological polar surface area (TPSA) is 90.8 Å². The van der Waals surface area contributed by atoms with E-state index in [-0.39, 0.29) is 10.6 Å². The number of piperazine rings is 1. The maximum Gasteiger partial charge on any atom is 0.267 e. The third-order valence-electron chi connectivity index (χ3n) is 4.42. The highest BCUT2D eigenvalue weighted by Crippen LogP contribution is 2.34. The van der Waals surface area contributed by atoms with Gasteiger partial charge >= 0.3 is 0 Å². The lowest BCUT2D eigenvalue weighted by atomic mass is 10.1. The van der Waals surface area contributed by atoms with Crippen molar-refractivity contribution in [2.24, 2.45) is 0 Å². The van der Waals surface area contributed by atoms with Crippen LogP contribution in [0.5, 0.6) is 11.5 Å². The molecule has 0 radical (unpaired) electrons. The number of aromatic amines is 1. The van der Waals surface area contributed by atoms with Gasteiger partial charge in [-0.05, 0) is 13.1 Å². The number of pyridine rings is 1. The van der Waals surface area contributed by atoms with Crippen LogP contribution in [0.4, 0.5) is 0 Å². The standard InChI is InChI=1S/C18H21ClN4O4/c1-22-3-5-23(6-4-22)27-8-7-26-16-10-14-12(9-15(16)25-2)17(19)13(11-20)18(24)21-14/h9-10H,3-8H2,1-2H3,(H,21,24). The van der Waals surface area contributed by atoms with Crippen LogP contribution in [-0.4, -0.2) is 68.5 Å². The number of methoxy groups -OCH3 is 1. The van der Waals surface area contributed by atoms with Gasteiger partial charge in [0.05, 0.1) is 17.6 Å². The van der Waals surface area contributed by atoms with Crippen LogP contribution < -0.4 is 15.0 Å². The fourth-order valence-corrected chi connectivity index (χ4v) is 3.16. The summed E-state index contributed by atoms with van der Waals surface area (Å²) in [6.07, 6.45) is 0. The van der Waals surface area contributed by atoms with Crippen molar-refractivity contribution in [2.45, 2.75) is 0 Å². The molecule has 0 spiro atoms. The van der Waals surface area contributed by atoms with E-state index in [0.29, 0.717) is 35.6 Å². The Balaban J connectivity index is 1.70. The average Bonchev–Trinajstić information content (AvgIpc) is 2.66. The first-order valence-corrected chi connectivity index (χ1v) is 8.94. The van der Waals surface area contributed by atoms with Crippen molar-refractivity contribution in [3.05, 3.63) is 33.1 Å². The lowest BCUT2D eigenvalue weighted by Crippen LogP contribution is -2.44. The van der Waals surface area contributed by atoms with Gasteiger partial charge in [-0.2, -0.15) is 10.3 Å². The summed E-state index contributed by atoms with van der Waals surface area (Å²) in [4.78, 5) is 22.5. The summed E-state index contributed by atoms with van der Waals surface area (Å²) in [5.41, 5.74) is -0.190. The van der Waals surface area contributed by atoms with Crippen molar-refractivity contribution < 1.29 is 14.3 Å². The van der Waals surface area contributed by atoms with Crippen LogP contribution in [0.3, 0.4) is 0 Å². The first kappa shape index (κ1) is 19.5. The van der Waals surface area contributed by atoms with Crippen LogP contribution in [0.25, 0.3) is 10.9 Å². The summed E-state index contributed by atoms with van der Waals surface area (Å²) >= 11 is 6.18. The number of hydrogen-bond donors (Lipinski definition) is 1. The molecule has 0 atom stereocenters. The lowest BCUT2D eigenvalue weighted by molar-refractivity contribution is -0.179. The fourth-order valence-electron chi connectivity index (χ4n) is 2.87. The van der Waals surface area contributed by atoms with Crippen molar-refractivity contribution in [2.75, 3.05) is 53.6 Å². The minimum Gasteiger partial charge on any atom is -0.493 e. The minimum absolute atomic E-state index is 0.0968. The van der Waals surface area contributed by atoms with Gasteiger partial charge in [-0.3, -0.25) is 9.63 Å². The zero-order chi connectivity index (χ0) is 19.4. The molecule has 0 saturated carbocycles. The summed E-state index contributed by atoms with van der Waals surface area (Å²) in [5.74, 6) is 0.920. The van der Waals surface area contributed by atoms with Gasteiger partial charge in [0.1, 0.15) is 24.8 Å². The molecular formula is C18H21ClN4O4. The number of nitrogens with zero attached hydrogens (tertiary/aromatic N) is 3. The first-order valence-electron chi connectivity index (χ1n) is 8.56. The number of hydrogen-bond acceptors (Lipinski definition) is 7. The van der Waals surface area contributed by atoms with E-state index < -0.39 is 5.56 Å². The number of halogens is 1. The second-order valence-corrected chi connectivity index (χ2v) is 6.60. The summed E-state index contributed by atoms with van der Waals surface area (Å²) < 4.78 is 11.1. The van der Waals surface area contributed by atoms with Crippen molar-refractivity contribution in [3.8, 4) is 17.6 Å². The number of benzene rings is 1. The Labute approximate surface area is 161 Å². The molecule has 27 heavy (non-hydrogen) atoms. The van der Waals surface area contributed by atoms with Gasteiger partial charge in [-0.15, -0.1) is 0 Å². The van der Waals surface area contributed by atoms with Gasteiger partial charge in [0.25, 0.3) is 5.56 Å². The Kier molecular flexibility index (Phi) is 6.19. The second kappa shape index (κ2) is 8.59. The predicted octanol–water partition coefficient (Wildman–Crippen LogP) is 1.62. The summed E-state index contributed by atoms with van der Waals surface area (Å²) in [6, 6.07) is 5.09. The number of fused-ring (bicyclic) bond motifs is 1.